The number of aliphatic hydroxyl groups excluding tert-OH is 1. The lowest BCUT2D eigenvalue weighted by Gasteiger charge is -2.20. The molecule has 1 amide bonds. The molecular formula is C18H26N2O2. The molecule has 0 unspecified atom stereocenters. The summed E-state index contributed by atoms with van der Waals surface area (Å²) in [5, 5.41) is 21.5. The highest BCUT2D eigenvalue weighted by atomic mass is 16.3. The standard InChI is InChI=1S/C18H26N2O2/c1-13(11-12-19)20-17(22)10-9-16(21)14-5-7-15(8-6-14)18(2,3)4/h5-8,13,16,21H,9-11H2,1-4H3,(H,20,22)/t13-,16-/m0/s1. The SMILES string of the molecule is C[C@@H](CC#N)NC(=O)CC[C@H](O)c1ccc(C(C)(C)C)cc1. The number of hydrogen-bond donors (Lipinski definition) is 2. The third-order valence-electron chi connectivity index (χ3n) is 3.61. The van der Waals surface area contributed by atoms with E-state index in [4.69, 9.17) is 5.26 Å². The fraction of sp³-hybridized carbons (Fsp3) is 0.556. The first kappa shape index (κ1) is 18.2. The highest BCUT2D eigenvalue weighted by Gasteiger charge is 2.15. The smallest absolute Gasteiger partial charge is 0.220 e. The molecule has 0 fully saturated rings. The van der Waals surface area contributed by atoms with E-state index in [1.807, 2.05) is 30.3 Å². The lowest BCUT2D eigenvalue weighted by Crippen LogP contribution is -2.32. The summed E-state index contributed by atoms with van der Waals surface area (Å²) in [6.07, 6.45) is 0.270. The van der Waals surface area contributed by atoms with E-state index >= 15 is 0 Å². The van der Waals surface area contributed by atoms with E-state index < -0.39 is 6.10 Å². The van der Waals surface area contributed by atoms with Crippen molar-refractivity contribution in [2.45, 2.75) is 64.5 Å². The van der Waals surface area contributed by atoms with Gasteiger partial charge < -0.3 is 10.4 Å². The molecule has 22 heavy (non-hydrogen) atoms. The second-order valence-electron chi connectivity index (χ2n) is 6.76. The Morgan fingerprint density at radius 2 is 1.91 bits per heavy atom. The van der Waals surface area contributed by atoms with Crippen molar-refractivity contribution in [1.82, 2.24) is 5.32 Å². The molecule has 0 saturated heterocycles. The molecule has 0 aliphatic carbocycles. The van der Waals surface area contributed by atoms with Gasteiger partial charge in [-0.05, 0) is 29.9 Å². The number of amides is 1. The average Bonchev–Trinajstić information content (AvgIpc) is 2.44. The number of aliphatic hydroxyl groups is 1. The molecule has 2 atom stereocenters. The van der Waals surface area contributed by atoms with Gasteiger partial charge in [0.05, 0.1) is 18.6 Å². The Morgan fingerprint density at radius 1 is 1.32 bits per heavy atom. The second-order valence-corrected chi connectivity index (χ2v) is 6.76. The summed E-state index contributed by atoms with van der Waals surface area (Å²) in [6.45, 7) is 8.23. The Kier molecular flexibility index (Phi) is 6.58. The van der Waals surface area contributed by atoms with Gasteiger partial charge in [0, 0.05) is 12.5 Å². The van der Waals surface area contributed by atoms with E-state index in [1.165, 1.54) is 5.56 Å². The monoisotopic (exact) mass is 302 g/mol. The molecule has 1 rings (SSSR count). The predicted octanol–water partition coefficient (Wildman–Crippen LogP) is 3.22. The number of rotatable bonds is 6. The van der Waals surface area contributed by atoms with Crippen LogP contribution in [0.2, 0.25) is 0 Å². The summed E-state index contributed by atoms with van der Waals surface area (Å²) in [4.78, 5) is 11.7. The van der Waals surface area contributed by atoms with Crippen LogP contribution < -0.4 is 5.32 Å². The molecule has 0 aromatic heterocycles. The van der Waals surface area contributed by atoms with Gasteiger partial charge >= 0.3 is 0 Å². The van der Waals surface area contributed by atoms with Crippen LogP contribution >= 0.6 is 0 Å². The highest BCUT2D eigenvalue weighted by Crippen LogP contribution is 2.25. The summed E-state index contributed by atoms with van der Waals surface area (Å²) >= 11 is 0. The molecule has 0 aliphatic heterocycles. The molecule has 0 saturated carbocycles. The first-order valence-electron chi connectivity index (χ1n) is 7.69. The number of carbonyl (C=O) groups excluding carboxylic acids is 1. The van der Waals surface area contributed by atoms with Crippen LogP contribution in [-0.4, -0.2) is 17.1 Å². The van der Waals surface area contributed by atoms with Crippen LogP contribution in [0.5, 0.6) is 0 Å². The molecule has 4 heteroatoms. The summed E-state index contributed by atoms with van der Waals surface area (Å²) in [5.74, 6) is -0.131. The van der Waals surface area contributed by atoms with E-state index in [0.717, 1.165) is 5.56 Å². The second kappa shape index (κ2) is 7.95. The van der Waals surface area contributed by atoms with Crippen molar-refractivity contribution in [3.8, 4) is 6.07 Å². The summed E-state index contributed by atoms with van der Waals surface area (Å²) in [7, 11) is 0. The van der Waals surface area contributed by atoms with E-state index in [9.17, 15) is 9.90 Å². The van der Waals surface area contributed by atoms with Crippen molar-refractivity contribution in [2.75, 3.05) is 0 Å². The molecule has 120 valence electrons. The summed E-state index contributed by atoms with van der Waals surface area (Å²) in [6, 6.07) is 9.74. The summed E-state index contributed by atoms with van der Waals surface area (Å²) < 4.78 is 0. The summed E-state index contributed by atoms with van der Waals surface area (Å²) in [5.41, 5.74) is 2.12. The Labute approximate surface area is 133 Å². The van der Waals surface area contributed by atoms with Gasteiger partial charge in [-0.3, -0.25) is 4.79 Å². The van der Waals surface area contributed by atoms with Gasteiger partial charge in [0.2, 0.25) is 5.91 Å². The third kappa shape index (κ3) is 5.87. The van der Waals surface area contributed by atoms with Gasteiger partial charge in [-0.1, -0.05) is 45.0 Å². The van der Waals surface area contributed by atoms with Crippen LogP contribution in [-0.2, 0) is 10.2 Å². The molecule has 0 radical (unpaired) electrons. The van der Waals surface area contributed by atoms with Gasteiger partial charge in [0.15, 0.2) is 0 Å². The van der Waals surface area contributed by atoms with E-state index in [1.54, 1.807) is 6.92 Å². The van der Waals surface area contributed by atoms with Crippen molar-refractivity contribution in [3.63, 3.8) is 0 Å². The minimum Gasteiger partial charge on any atom is -0.388 e. The van der Waals surface area contributed by atoms with Gasteiger partial charge in [0.1, 0.15) is 0 Å². The van der Waals surface area contributed by atoms with Crippen molar-refractivity contribution in [1.29, 1.82) is 5.26 Å². The van der Waals surface area contributed by atoms with E-state index in [2.05, 4.69) is 26.1 Å². The molecule has 0 aliphatic rings. The highest BCUT2D eigenvalue weighted by molar-refractivity contribution is 5.76. The minimum atomic E-state index is -0.647. The fourth-order valence-corrected chi connectivity index (χ4v) is 2.17. The van der Waals surface area contributed by atoms with Gasteiger partial charge in [0.25, 0.3) is 0 Å². The number of benzene rings is 1. The topological polar surface area (TPSA) is 73.1 Å². The molecule has 4 nitrogen and oxygen atoms in total. The number of nitrogens with zero attached hydrogens (tertiary/aromatic N) is 1. The fourth-order valence-electron chi connectivity index (χ4n) is 2.17. The number of carbonyl (C=O) groups is 1. The maximum Gasteiger partial charge on any atom is 0.220 e. The molecule has 2 N–H and O–H groups in total. The number of nitriles is 1. The van der Waals surface area contributed by atoms with Gasteiger partial charge in [-0.15, -0.1) is 0 Å². The molecule has 0 spiro atoms. The first-order chi connectivity index (χ1) is 10.2. The zero-order valence-electron chi connectivity index (χ0n) is 13.9. The maximum atomic E-state index is 11.7. The first-order valence-corrected chi connectivity index (χ1v) is 7.69. The molecule has 0 bridgehead atoms. The average molecular weight is 302 g/mol. The zero-order chi connectivity index (χ0) is 16.8. The van der Waals surface area contributed by atoms with Crippen LogP contribution in [0.1, 0.15) is 64.2 Å². The lowest BCUT2D eigenvalue weighted by atomic mass is 9.86. The van der Waals surface area contributed by atoms with Crippen LogP contribution in [0.4, 0.5) is 0 Å². The van der Waals surface area contributed by atoms with Crippen LogP contribution in [0.25, 0.3) is 0 Å². The largest absolute Gasteiger partial charge is 0.388 e. The molecule has 1 aromatic carbocycles. The van der Waals surface area contributed by atoms with Crippen LogP contribution in [0.15, 0.2) is 24.3 Å². The van der Waals surface area contributed by atoms with Crippen molar-refractivity contribution >= 4 is 5.91 Å². The Morgan fingerprint density at radius 3 is 2.41 bits per heavy atom. The maximum absolute atomic E-state index is 11.7. The van der Waals surface area contributed by atoms with E-state index in [-0.39, 0.29) is 23.8 Å². The lowest BCUT2D eigenvalue weighted by molar-refractivity contribution is -0.122. The van der Waals surface area contributed by atoms with Gasteiger partial charge in [-0.2, -0.15) is 5.26 Å². The Hall–Kier alpha value is -1.86. The van der Waals surface area contributed by atoms with Crippen molar-refractivity contribution in [2.24, 2.45) is 0 Å². The molecular weight excluding hydrogens is 276 g/mol. The van der Waals surface area contributed by atoms with Crippen molar-refractivity contribution < 1.29 is 9.90 Å². The Balaban J connectivity index is 2.50. The zero-order valence-corrected chi connectivity index (χ0v) is 13.9. The van der Waals surface area contributed by atoms with Crippen LogP contribution in [0, 0.1) is 11.3 Å². The number of nitrogens with one attached hydrogen (secondary N) is 1. The normalized spacial score (nSPS) is 14.0. The number of hydrogen-bond acceptors (Lipinski definition) is 3. The molecule has 0 heterocycles. The quantitative estimate of drug-likeness (QED) is 0.847. The predicted molar refractivity (Wildman–Crippen MR) is 87.2 cm³/mol. The minimum absolute atomic E-state index is 0.0836. The van der Waals surface area contributed by atoms with Crippen LogP contribution in [0.3, 0.4) is 0 Å². The molecule has 1 aromatic rings. The third-order valence-corrected chi connectivity index (χ3v) is 3.61. The van der Waals surface area contributed by atoms with Gasteiger partial charge in [-0.25, -0.2) is 0 Å². The van der Waals surface area contributed by atoms with Crippen molar-refractivity contribution in [3.05, 3.63) is 35.4 Å². The Bertz CT molecular complexity index is 524. The van der Waals surface area contributed by atoms with E-state index in [0.29, 0.717) is 12.8 Å².